The van der Waals surface area contributed by atoms with Crippen LogP contribution in [0.4, 0.5) is 5.82 Å². The number of hydrogen-bond donors (Lipinski definition) is 2. The molecule has 2 heterocycles. The number of nitrogens with zero attached hydrogens (tertiary/aromatic N) is 2. The Morgan fingerprint density at radius 1 is 1.12 bits per heavy atom. The number of carboxylic acids is 1. The highest BCUT2D eigenvalue weighted by Crippen LogP contribution is 2.34. The van der Waals surface area contributed by atoms with Gasteiger partial charge in [-0.2, -0.15) is 5.10 Å². The first-order chi connectivity index (χ1) is 11.6. The molecule has 0 amide bonds. The van der Waals surface area contributed by atoms with E-state index in [1.807, 2.05) is 28.9 Å². The minimum atomic E-state index is -0.930. The SMILES string of the molecule is O=C(O)c1ccc(-n2nc(-c3ccc(Br)cc3)c3c2NCC3)cc1. The van der Waals surface area contributed by atoms with Crippen LogP contribution in [0.3, 0.4) is 0 Å². The minimum absolute atomic E-state index is 0.267. The van der Waals surface area contributed by atoms with Crippen molar-refractivity contribution < 1.29 is 9.90 Å². The number of benzene rings is 2. The molecule has 4 rings (SSSR count). The normalized spacial score (nSPS) is 12.7. The van der Waals surface area contributed by atoms with Gasteiger partial charge in [0.25, 0.3) is 0 Å². The second kappa shape index (κ2) is 5.79. The van der Waals surface area contributed by atoms with Crippen molar-refractivity contribution in [3.8, 4) is 16.9 Å². The summed E-state index contributed by atoms with van der Waals surface area (Å²) < 4.78 is 2.88. The lowest BCUT2D eigenvalue weighted by atomic mass is 10.1. The molecule has 5 nitrogen and oxygen atoms in total. The van der Waals surface area contributed by atoms with Crippen LogP contribution in [-0.4, -0.2) is 27.4 Å². The van der Waals surface area contributed by atoms with Gasteiger partial charge in [-0.25, -0.2) is 9.48 Å². The maximum atomic E-state index is 11.0. The Morgan fingerprint density at radius 3 is 2.50 bits per heavy atom. The highest BCUT2D eigenvalue weighted by molar-refractivity contribution is 9.10. The summed E-state index contributed by atoms with van der Waals surface area (Å²) in [6, 6.07) is 14.9. The van der Waals surface area contributed by atoms with Crippen LogP contribution < -0.4 is 5.32 Å². The molecule has 1 aliphatic rings. The lowest BCUT2D eigenvalue weighted by molar-refractivity contribution is 0.0697. The van der Waals surface area contributed by atoms with E-state index in [1.165, 1.54) is 5.56 Å². The molecule has 1 aliphatic heterocycles. The van der Waals surface area contributed by atoms with Crippen LogP contribution in [-0.2, 0) is 6.42 Å². The van der Waals surface area contributed by atoms with Crippen LogP contribution in [0.1, 0.15) is 15.9 Å². The van der Waals surface area contributed by atoms with Crippen molar-refractivity contribution in [2.75, 3.05) is 11.9 Å². The third-order valence-electron chi connectivity index (χ3n) is 4.13. The van der Waals surface area contributed by atoms with Gasteiger partial charge in [0.2, 0.25) is 0 Å². The van der Waals surface area contributed by atoms with Crippen LogP contribution in [0, 0.1) is 0 Å². The van der Waals surface area contributed by atoms with Crippen molar-refractivity contribution in [3.05, 3.63) is 64.1 Å². The first-order valence-electron chi connectivity index (χ1n) is 7.59. The summed E-state index contributed by atoms with van der Waals surface area (Å²) in [5.74, 6) is 0.0527. The molecule has 0 saturated carbocycles. The Labute approximate surface area is 147 Å². The van der Waals surface area contributed by atoms with Crippen LogP contribution in [0.15, 0.2) is 53.0 Å². The maximum absolute atomic E-state index is 11.0. The number of rotatable bonds is 3. The highest BCUT2D eigenvalue weighted by atomic mass is 79.9. The Bertz CT molecular complexity index is 915. The van der Waals surface area contributed by atoms with Crippen molar-refractivity contribution in [3.63, 3.8) is 0 Å². The van der Waals surface area contributed by atoms with E-state index in [-0.39, 0.29) is 5.56 Å². The predicted molar refractivity (Wildman–Crippen MR) is 95.9 cm³/mol. The predicted octanol–water partition coefficient (Wildman–Crippen LogP) is 3.97. The van der Waals surface area contributed by atoms with E-state index >= 15 is 0 Å². The minimum Gasteiger partial charge on any atom is -0.478 e. The number of nitrogens with one attached hydrogen (secondary N) is 1. The Balaban J connectivity index is 1.81. The summed E-state index contributed by atoms with van der Waals surface area (Å²) in [7, 11) is 0. The van der Waals surface area contributed by atoms with Crippen LogP contribution in [0.5, 0.6) is 0 Å². The standard InChI is InChI=1S/C18H14BrN3O2/c19-13-5-1-11(2-6-13)16-15-9-10-20-17(15)22(21-16)14-7-3-12(4-8-14)18(23)24/h1-8,20H,9-10H2,(H,23,24). The van der Waals surface area contributed by atoms with Crippen LogP contribution in [0.25, 0.3) is 16.9 Å². The number of carboxylic acid groups (broad SMARTS) is 1. The molecule has 0 atom stereocenters. The fourth-order valence-electron chi connectivity index (χ4n) is 2.95. The van der Waals surface area contributed by atoms with Gasteiger partial charge in [0.15, 0.2) is 0 Å². The van der Waals surface area contributed by atoms with Crippen molar-refractivity contribution >= 4 is 27.7 Å². The molecular formula is C18H14BrN3O2. The molecule has 0 spiro atoms. The lowest BCUT2D eigenvalue weighted by Gasteiger charge is -2.06. The van der Waals surface area contributed by atoms with E-state index in [4.69, 9.17) is 10.2 Å². The molecule has 2 N–H and O–H groups in total. The number of carbonyl (C=O) groups is 1. The zero-order valence-electron chi connectivity index (χ0n) is 12.7. The van der Waals surface area contributed by atoms with Gasteiger partial charge in [-0.3, -0.25) is 0 Å². The van der Waals surface area contributed by atoms with Crippen molar-refractivity contribution in [1.82, 2.24) is 9.78 Å². The summed E-state index contributed by atoms with van der Waals surface area (Å²) in [4.78, 5) is 11.0. The number of aromatic nitrogens is 2. The zero-order chi connectivity index (χ0) is 16.7. The van der Waals surface area contributed by atoms with Crippen LogP contribution in [0.2, 0.25) is 0 Å². The van der Waals surface area contributed by atoms with Gasteiger partial charge < -0.3 is 10.4 Å². The molecule has 0 bridgehead atoms. The summed E-state index contributed by atoms with van der Waals surface area (Å²) in [5, 5.41) is 17.2. The average molecular weight is 384 g/mol. The molecule has 24 heavy (non-hydrogen) atoms. The molecular weight excluding hydrogens is 370 g/mol. The summed E-state index contributed by atoms with van der Waals surface area (Å²) in [5.41, 5.74) is 4.33. The number of fused-ring (bicyclic) bond motifs is 1. The molecule has 0 radical (unpaired) electrons. The van der Waals surface area contributed by atoms with Crippen LogP contribution >= 0.6 is 15.9 Å². The summed E-state index contributed by atoms with van der Waals surface area (Å²) in [6.45, 7) is 0.879. The van der Waals surface area contributed by atoms with Crippen molar-refractivity contribution in [2.24, 2.45) is 0 Å². The van der Waals surface area contributed by atoms with Gasteiger partial charge in [0, 0.05) is 22.1 Å². The molecule has 0 aliphatic carbocycles. The lowest BCUT2D eigenvalue weighted by Crippen LogP contribution is -2.05. The van der Waals surface area contributed by atoms with Gasteiger partial charge in [0.05, 0.1) is 16.9 Å². The van der Waals surface area contributed by atoms with E-state index in [0.717, 1.165) is 40.2 Å². The van der Waals surface area contributed by atoms with E-state index in [1.54, 1.807) is 24.3 Å². The largest absolute Gasteiger partial charge is 0.478 e. The van der Waals surface area contributed by atoms with E-state index < -0.39 is 5.97 Å². The number of hydrogen-bond acceptors (Lipinski definition) is 3. The topological polar surface area (TPSA) is 67.1 Å². The monoisotopic (exact) mass is 383 g/mol. The molecule has 6 heteroatoms. The van der Waals surface area contributed by atoms with Crippen molar-refractivity contribution in [1.29, 1.82) is 0 Å². The number of halogens is 1. The smallest absolute Gasteiger partial charge is 0.335 e. The Morgan fingerprint density at radius 2 is 1.83 bits per heavy atom. The van der Waals surface area contributed by atoms with Crippen molar-refractivity contribution in [2.45, 2.75) is 6.42 Å². The average Bonchev–Trinajstić information content (AvgIpc) is 3.18. The quantitative estimate of drug-likeness (QED) is 0.717. The first-order valence-corrected chi connectivity index (χ1v) is 8.38. The van der Waals surface area contributed by atoms with E-state index in [0.29, 0.717) is 0 Å². The molecule has 2 aromatic carbocycles. The third kappa shape index (κ3) is 2.49. The van der Waals surface area contributed by atoms with Gasteiger partial charge in [0.1, 0.15) is 5.82 Å². The second-order valence-corrected chi connectivity index (χ2v) is 6.54. The third-order valence-corrected chi connectivity index (χ3v) is 4.66. The molecule has 3 aromatic rings. The van der Waals surface area contributed by atoms with E-state index in [2.05, 4.69) is 21.2 Å². The summed E-state index contributed by atoms with van der Waals surface area (Å²) >= 11 is 3.45. The van der Waals surface area contributed by atoms with E-state index in [9.17, 15) is 4.79 Å². The molecule has 1 aromatic heterocycles. The first kappa shape index (κ1) is 15.0. The zero-order valence-corrected chi connectivity index (χ0v) is 14.2. The molecule has 0 saturated heterocycles. The molecule has 120 valence electrons. The van der Waals surface area contributed by atoms with Gasteiger partial charge >= 0.3 is 5.97 Å². The highest BCUT2D eigenvalue weighted by Gasteiger charge is 2.23. The van der Waals surface area contributed by atoms with Gasteiger partial charge in [-0.1, -0.05) is 28.1 Å². The summed E-state index contributed by atoms with van der Waals surface area (Å²) in [6.07, 6.45) is 0.925. The Kier molecular flexibility index (Phi) is 3.61. The second-order valence-electron chi connectivity index (χ2n) is 5.62. The molecule has 0 fully saturated rings. The van der Waals surface area contributed by atoms with Gasteiger partial charge in [-0.15, -0.1) is 0 Å². The Hall–Kier alpha value is -2.60. The fourth-order valence-corrected chi connectivity index (χ4v) is 3.21. The number of anilines is 1. The maximum Gasteiger partial charge on any atom is 0.335 e. The molecule has 0 unspecified atom stereocenters. The van der Waals surface area contributed by atoms with Gasteiger partial charge in [-0.05, 0) is 42.8 Å². The fraction of sp³-hybridized carbons (Fsp3) is 0.111. The number of aromatic carboxylic acids is 1.